The number of anilines is 1. The second-order valence-corrected chi connectivity index (χ2v) is 3.25. The summed E-state index contributed by atoms with van der Waals surface area (Å²) in [5, 5.41) is 12.8. The number of pyridine rings is 1. The molecule has 0 aliphatic carbocycles. The van der Waals surface area contributed by atoms with Crippen LogP contribution < -0.4 is 5.32 Å². The number of amides is 1. The van der Waals surface area contributed by atoms with E-state index in [9.17, 15) is 19.7 Å². The van der Waals surface area contributed by atoms with E-state index in [2.05, 4.69) is 15.0 Å². The lowest BCUT2D eigenvalue weighted by Crippen LogP contribution is -2.26. The zero-order valence-corrected chi connectivity index (χ0v) is 9.80. The van der Waals surface area contributed by atoms with Gasteiger partial charge in [0.1, 0.15) is 0 Å². The van der Waals surface area contributed by atoms with E-state index in [4.69, 9.17) is 0 Å². The second kappa shape index (κ2) is 5.71. The van der Waals surface area contributed by atoms with Crippen molar-refractivity contribution < 1.29 is 19.2 Å². The van der Waals surface area contributed by atoms with Gasteiger partial charge in [0.25, 0.3) is 0 Å². The average molecular weight is 253 g/mol. The molecule has 96 valence electrons. The number of rotatable bonds is 3. The molecule has 0 aliphatic heterocycles. The molecule has 0 spiro atoms. The summed E-state index contributed by atoms with van der Waals surface area (Å²) in [6, 6.07) is 2.63. The van der Waals surface area contributed by atoms with Gasteiger partial charge >= 0.3 is 17.6 Å². The maximum atomic E-state index is 11.3. The molecule has 0 aliphatic rings. The fourth-order valence-corrected chi connectivity index (χ4v) is 1.14. The molecule has 0 bridgehead atoms. The summed E-state index contributed by atoms with van der Waals surface area (Å²) in [5.74, 6) is -2.49. The highest BCUT2D eigenvalue weighted by molar-refractivity contribution is 6.37. The van der Waals surface area contributed by atoms with Crippen LogP contribution >= 0.6 is 0 Å². The molecule has 0 fully saturated rings. The fourth-order valence-electron chi connectivity index (χ4n) is 1.14. The smallest absolute Gasteiger partial charge is 0.397 e. The van der Waals surface area contributed by atoms with Gasteiger partial charge in [-0.05, 0) is 19.9 Å². The summed E-state index contributed by atoms with van der Waals surface area (Å²) < 4.78 is 4.46. The first-order valence-electron chi connectivity index (χ1n) is 5.05. The zero-order chi connectivity index (χ0) is 13.7. The number of ether oxygens (including phenoxy) is 1. The molecule has 8 heteroatoms. The van der Waals surface area contributed by atoms with Crippen LogP contribution in [-0.2, 0) is 14.3 Å². The Morgan fingerprint density at radius 1 is 1.50 bits per heavy atom. The van der Waals surface area contributed by atoms with E-state index >= 15 is 0 Å². The lowest BCUT2D eigenvalue weighted by atomic mass is 10.3. The van der Waals surface area contributed by atoms with Crippen LogP contribution in [0.2, 0.25) is 0 Å². The Kier molecular flexibility index (Phi) is 4.30. The molecule has 1 aromatic heterocycles. The Labute approximate surface area is 102 Å². The largest absolute Gasteiger partial charge is 0.459 e. The molecule has 0 radical (unpaired) electrons. The van der Waals surface area contributed by atoms with Crippen molar-refractivity contribution in [3.8, 4) is 0 Å². The summed E-state index contributed by atoms with van der Waals surface area (Å²) in [6.45, 7) is 3.18. The van der Waals surface area contributed by atoms with Crippen molar-refractivity contribution >= 4 is 23.4 Å². The summed E-state index contributed by atoms with van der Waals surface area (Å²) in [5.41, 5.74) is 0.0815. The number of nitrogens with zero attached hydrogens (tertiary/aromatic N) is 2. The first kappa shape index (κ1) is 13.6. The van der Waals surface area contributed by atoms with Gasteiger partial charge in [-0.1, -0.05) is 0 Å². The number of carbonyl (C=O) groups excluding carboxylic acids is 2. The highest BCUT2D eigenvalue weighted by Crippen LogP contribution is 2.21. The lowest BCUT2D eigenvalue weighted by molar-refractivity contribution is -0.384. The fraction of sp³-hybridized carbons (Fsp3) is 0.300. The molecule has 1 heterocycles. The molecule has 0 atom stereocenters. The van der Waals surface area contributed by atoms with Crippen LogP contribution in [0.5, 0.6) is 0 Å². The summed E-state index contributed by atoms with van der Waals surface area (Å²) >= 11 is 0. The minimum absolute atomic E-state index is 0.0373. The SMILES string of the molecule is CCOC(=O)C(=O)Nc1nc(C)ccc1[N+](=O)[O-]. The summed E-state index contributed by atoms with van der Waals surface area (Å²) in [6.07, 6.45) is 0. The molecule has 1 rings (SSSR count). The molecule has 0 saturated carbocycles. The summed E-state index contributed by atoms with van der Waals surface area (Å²) in [7, 11) is 0. The van der Waals surface area contributed by atoms with Crippen molar-refractivity contribution in [2.24, 2.45) is 0 Å². The molecule has 1 aromatic rings. The summed E-state index contributed by atoms with van der Waals surface area (Å²) in [4.78, 5) is 36.2. The number of hydrogen-bond acceptors (Lipinski definition) is 6. The van der Waals surface area contributed by atoms with Crippen LogP contribution in [0.1, 0.15) is 12.6 Å². The molecule has 8 nitrogen and oxygen atoms in total. The zero-order valence-electron chi connectivity index (χ0n) is 9.80. The predicted molar refractivity (Wildman–Crippen MR) is 60.9 cm³/mol. The number of esters is 1. The molecule has 0 aromatic carbocycles. The minimum Gasteiger partial charge on any atom is -0.459 e. The van der Waals surface area contributed by atoms with Gasteiger partial charge in [0.15, 0.2) is 0 Å². The first-order chi connectivity index (χ1) is 8.45. The molecular formula is C10H11N3O5. The molecule has 18 heavy (non-hydrogen) atoms. The third-order valence-electron chi connectivity index (χ3n) is 1.90. The number of hydrogen-bond donors (Lipinski definition) is 1. The maximum Gasteiger partial charge on any atom is 0.397 e. The van der Waals surface area contributed by atoms with E-state index in [1.807, 2.05) is 0 Å². The average Bonchev–Trinajstić information content (AvgIpc) is 2.28. The van der Waals surface area contributed by atoms with Gasteiger partial charge in [-0.3, -0.25) is 20.2 Å². The van der Waals surface area contributed by atoms with E-state index in [1.165, 1.54) is 12.1 Å². The molecular weight excluding hydrogens is 242 g/mol. The lowest BCUT2D eigenvalue weighted by Gasteiger charge is -2.05. The van der Waals surface area contributed by atoms with E-state index in [0.717, 1.165) is 0 Å². The van der Waals surface area contributed by atoms with Crippen molar-refractivity contribution in [3.63, 3.8) is 0 Å². The van der Waals surface area contributed by atoms with Gasteiger partial charge in [-0.15, -0.1) is 0 Å². The monoisotopic (exact) mass is 253 g/mol. The van der Waals surface area contributed by atoms with Crippen LogP contribution in [0, 0.1) is 17.0 Å². The van der Waals surface area contributed by atoms with Crippen LogP contribution in [0.4, 0.5) is 11.5 Å². The molecule has 0 saturated heterocycles. The van der Waals surface area contributed by atoms with Crippen molar-refractivity contribution in [1.82, 2.24) is 4.98 Å². The number of carbonyl (C=O) groups is 2. The van der Waals surface area contributed by atoms with Gasteiger partial charge < -0.3 is 4.74 Å². The molecule has 1 N–H and O–H groups in total. The molecule has 1 amide bonds. The van der Waals surface area contributed by atoms with Crippen molar-refractivity contribution in [3.05, 3.63) is 27.9 Å². The van der Waals surface area contributed by atoms with E-state index in [-0.39, 0.29) is 12.4 Å². The molecule has 0 unspecified atom stereocenters. The predicted octanol–water partition coefficient (Wildman–Crippen LogP) is 0.800. The van der Waals surface area contributed by atoms with Crippen molar-refractivity contribution in [2.45, 2.75) is 13.8 Å². The number of nitro groups is 1. The van der Waals surface area contributed by atoms with E-state index < -0.39 is 22.5 Å². The first-order valence-corrected chi connectivity index (χ1v) is 5.05. The highest BCUT2D eigenvalue weighted by atomic mass is 16.6. The Hall–Kier alpha value is -2.51. The van der Waals surface area contributed by atoms with Gasteiger partial charge in [0.05, 0.1) is 11.5 Å². The Balaban J connectivity index is 2.96. The highest BCUT2D eigenvalue weighted by Gasteiger charge is 2.22. The quantitative estimate of drug-likeness (QED) is 0.369. The number of aryl methyl sites for hydroxylation is 1. The Morgan fingerprint density at radius 2 is 2.17 bits per heavy atom. The third-order valence-corrected chi connectivity index (χ3v) is 1.90. The van der Waals surface area contributed by atoms with E-state index in [0.29, 0.717) is 5.69 Å². The van der Waals surface area contributed by atoms with Gasteiger partial charge in [-0.25, -0.2) is 9.78 Å². The van der Waals surface area contributed by atoms with Crippen molar-refractivity contribution in [2.75, 3.05) is 11.9 Å². The second-order valence-electron chi connectivity index (χ2n) is 3.25. The van der Waals surface area contributed by atoms with Crippen LogP contribution in [0.15, 0.2) is 12.1 Å². The van der Waals surface area contributed by atoms with Gasteiger partial charge in [0, 0.05) is 11.8 Å². The third kappa shape index (κ3) is 3.24. The number of nitrogens with one attached hydrogen (secondary N) is 1. The van der Waals surface area contributed by atoms with Crippen LogP contribution in [0.3, 0.4) is 0 Å². The van der Waals surface area contributed by atoms with Crippen LogP contribution in [-0.4, -0.2) is 28.4 Å². The van der Waals surface area contributed by atoms with Gasteiger partial charge in [-0.2, -0.15) is 0 Å². The number of aromatic nitrogens is 1. The normalized spacial score (nSPS) is 9.67. The topological polar surface area (TPSA) is 111 Å². The van der Waals surface area contributed by atoms with E-state index in [1.54, 1.807) is 13.8 Å². The maximum absolute atomic E-state index is 11.3. The van der Waals surface area contributed by atoms with Gasteiger partial charge in [0.2, 0.25) is 5.82 Å². The standard InChI is InChI=1S/C10H11N3O5/c1-3-18-10(15)9(14)12-8-7(13(16)17)5-4-6(2)11-8/h4-5H,3H2,1-2H3,(H,11,12,14). The minimum atomic E-state index is -1.12. The Bertz CT molecular complexity index is 500. The van der Waals surface area contributed by atoms with Crippen LogP contribution in [0.25, 0.3) is 0 Å². The Morgan fingerprint density at radius 3 is 2.72 bits per heavy atom. The van der Waals surface area contributed by atoms with Crippen molar-refractivity contribution in [1.29, 1.82) is 0 Å².